The number of benzene rings is 3. The summed E-state index contributed by atoms with van der Waals surface area (Å²) in [6, 6.07) is 17.2. The Morgan fingerprint density at radius 2 is 2.00 bits per heavy atom. The second-order valence-electron chi connectivity index (χ2n) is 6.39. The molecule has 0 unspecified atom stereocenters. The van der Waals surface area contributed by atoms with E-state index in [1.165, 1.54) is 37.5 Å². The van der Waals surface area contributed by atoms with Crippen LogP contribution >= 0.6 is 11.6 Å². The van der Waals surface area contributed by atoms with Gasteiger partial charge in [0.15, 0.2) is 11.5 Å². The third kappa shape index (κ3) is 5.18. The first kappa shape index (κ1) is 21.8. The van der Waals surface area contributed by atoms with Crippen molar-refractivity contribution in [1.29, 1.82) is 5.26 Å². The van der Waals surface area contributed by atoms with Crippen molar-refractivity contribution >= 4 is 28.9 Å². The molecule has 0 radical (unpaired) electrons. The Kier molecular flexibility index (Phi) is 6.85. The summed E-state index contributed by atoms with van der Waals surface area (Å²) in [5, 5.41) is 20.8. The minimum Gasteiger partial charge on any atom is -0.493 e. The molecule has 8 heteroatoms. The summed E-state index contributed by atoms with van der Waals surface area (Å²) in [6.45, 7) is -0.0466. The van der Waals surface area contributed by atoms with Crippen molar-refractivity contribution < 1.29 is 18.8 Å². The van der Waals surface area contributed by atoms with E-state index in [-0.39, 0.29) is 28.6 Å². The molecule has 0 spiro atoms. The molecule has 0 bridgehead atoms. The van der Waals surface area contributed by atoms with Crippen molar-refractivity contribution in [2.75, 3.05) is 7.11 Å². The fraction of sp³-hybridized carbons (Fsp3) is 0.0870. The predicted molar refractivity (Wildman–Crippen MR) is 115 cm³/mol. The monoisotopic (exact) mass is 438 g/mol. The highest BCUT2D eigenvalue weighted by Crippen LogP contribution is 2.38. The van der Waals surface area contributed by atoms with Crippen LogP contribution in [0.1, 0.15) is 16.7 Å². The number of methoxy groups -OCH3 is 1. The van der Waals surface area contributed by atoms with Crippen LogP contribution in [0.25, 0.3) is 11.6 Å². The molecule has 0 heterocycles. The average molecular weight is 439 g/mol. The number of hydrogen-bond donors (Lipinski definition) is 0. The van der Waals surface area contributed by atoms with Gasteiger partial charge in [-0.3, -0.25) is 10.1 Å². The second kappa shape index (κ2) is 9.74. The Morgan fingerprint density at radius 3 is 2.68 bits per heavy atom. The molecule has 6 nitrogen and oxygen atoms in total. The van der Waals surface area contributed by atoms with Crippen LogP contribution in [0.4, 0.5) is 10.1 Å². The van der Waals surface area contributed by atoms with Gasteiger partial charge < -0.3 is 9.47 Å². The maximum Gasteiger partial charge on any atom is 0.270 e. The maximum atomic E-state index is 13.8. The van der Waals surface area contributed by atoms with Gasteiger partial charge in [-0.15, -0.1) is 0 Å². The van der Waals surface area contributed by atoms with Gasteiger partial charge in [0, 0.05) is 17.7 Å². The molecule has 0 saturated heterocycles. The summed E-state index contributed by atoms with van der Waals surface area (Å²) in [6.07, 6.45) is 1.54. The van der Waals surface area contributed by atoms with Gasteiger partial charge in [0.05, 0.1) is 28.7 Å². The average Bonchev–Trinajstić information content (AvgIpc) is 2.77. The van der Waals surface area contributed by atoms with Crippen LogP contribution in [0.3, 0.4) is 0 Å². The summed E-state index contributed by atoms with van der Waals surface area (Å²) >= 11 is 6.36. The molecule has 0 aliphatic heterocycles. The van der Waals surface area contributed by atoms with E-state index < -0.39 is 10.7 Å². The molecule has 0 aliphatic carbocycles. The molecular formula is C23H16ClFN2O4. The van der Waals surface area contributed by atoms with Gasteiger partial charge in [0.2, 0.25) is 0 Å². The first-order valence-electron chi connectivity index (χ1n) is 9.03. The van der Waals surface area contributed by atoms with E-state index in [1.54, 1.807) is 36.4 Å². The van der Waals surface area contributed by atoms with Gasteiger partial charge >= 0.3 is 0 Å². The van der Waals surface area contributed by atoms with Crippen molar-refractivity contribution in [3.05, 3.63) is 98.3 Å². The lowest BCUT2D eigenvalue weighted by molar-refractivity contribution is -0.384. The standard InChI is InChI=1S/C23H16ClFN2O4/c1-30-22-11-15(9-18(13-26)16-6-4-7-19(12-16)27(28)29)10-20(24)23(22)31-14-17-5-2-3-8-21(17)25/h2-12H,14H2,1H3/b18-9-. The quantitative estimate of drug-likeness (QED) is 0.194. The zero-order valence-corrected chi connectivity index (χ0v) is 17.1. The third-order valence-corrected chi connectivity index (χ3v) is 4.66. The van der Waals surface area contributed by atoms with Crippen LogP contribution in [0, 0.1) is 27.3 Å². The number of rotatable bonds is 7. The van der Waals surface area contributed by atoms with E-state index in [9.17, 15) is 19.8 Å². The summed E-state index contributed by atoms with van der Waals surface area (Å²) in [7, 11) is 1.43. The lowest BCUT2D eigenvalue weighted by Crippen LogP contribution is -2.01. The summed E-state index contributed by atoms with van der Waals surface area (Å²) < 4.78 is 24.9. The van der Waals surface area contributed by atoms with E-state index in [1.807, 2.05) is 6.07 Å². The molecule has 0 amide bonds. The molecule has 0 N–H and O–H groups in total. The van der Waals surface area contributed by atoms with Crippen LogP contribution in [0.5, 0.6) is 11.5 Å². The van der Waals surface area contributed by atoms with Gasteiger partial charge in [-0.25, -0.2) is 4.39 Å². The number of non-ortho nitro benzene ring substituents is 1. The SMILES string of the molecule is COc1cc(/C=C(/C#N)c2cccc([N+](=O)[O-])c2)cc(Cl)c1OCc1ccccc1F. The molecule has 0 atom stereocenters. The van der Waals surface area contributed by atoms with Gasteiger partial charge in [-0.2, -0.15) is 5.26 Å². The lowest BCUT2D eigenvalue weighted by atomic mass is 10.0. The van der Waals surface area contributed by atoms with E-state index in [0.717, 1.165) is 0 Å². The number of ether oxygens (including phenoxy) is 2. The van der Waals surface area contributed by atoms with Crippen molar-refractivity contribution in [3.8, 4) is 17.6 Å². The molecule has 0 aromatic heterocycles. The lowest BCUT2D eigenvalue weighted by Gasteiger charge is -2.14. The van der Waals surface area contributed by atoms with Gasteiger partial charge in [-0.1, -0.05) is 41.9 Å². The third-order valence-electron chi connectivity index (χ3n) is 4.38. The number of allylic oxidation sites excluding steroid dienone is 1. The second-order valence-corrected chi connectivity index (χ2v) is 6.80. The van der Waals surface area contributed by atoms with Gasteiger partial charge in [-0.05, 0) is 35.4 Å². The van der Waals surface area contributed by atoms with Gasteiger partial charge in [0.25, 0.3) is 5.69 Å². The Balaban J connectivity index is 1.93. The number of halogens is 2. The number of nitriles is 1. The van der Waals surface area contributed by atoms with Gasteiger partial charge in [0.1, 0.15) is 12.4 Å². The Morgan fingerprint density at radius 1 is 1.23 bits per heavy atom. The molecule has 0 aliphatic rings. The zero-order chi connectivity index (χ0) is 22.4. The molecule has 0 saturated carbocycles. The van der Waals surface area contributed by atoms with E-state index in [2.05, 4.69) is 0 Å². The molecule has 3 rings (SSSR count). The smallest absolute Gasteiger partial charge is 0.270 e. The highest BCUT2D eigenvalue weighted by atomic mass is 35.5. The molecule has 31 heavy (non-hydrogen) atoms. The van der Waals surface area contributed by atoms with Crippen LogP contribution < -0.4 is 9.47 Å². The highest BCUT2D eigenvalue weighted by molar-refractivity contribution is 6.32. The van der Waals surface area contributed by atoms with Crippen molar-refractivity contribution in [2.45, 2.75) is 6.61 Å². The minimum absolute atomic E-state index is 0.0466. The van der Waals surface area contributed by atoms with Crippen LogP contribution in [-0.4, -0.2) is 12.0 Å². The Labute approximate surface area is 182 Å². The number of hydrogen-bond acceptors (Lipinski definition) is 5. The fourth-order valence-corrected chi connectivity index (χ4v) is 3.14. The zero-order valence-electron chi connectivity index (χ0n) is 16.3. The number of nitro groups is 1. The summed E-state index contributed by atoms with van der Waals surface area (Å²) in [5.41, 5.74) is 1.38. The minimum atomic E-state index is -0.528. The molecule has 3 aromatic carbocycles. The Hall–Kier alpha value is -3.89. The first-order valence-corrected chi connectivity index (χ1v) is 9.41. The van der Waals surface area contributed by atoms with E-state index in [0.29, 0.717) is 22.4 Å². The number of nitro benzene ring substituents is 1. The summed E-state index contributed by atoms with van der Waals surface area (Å²) in [4.78, 5) is 10.5. The van der Waals surface area contributed by atoms with Crippen LogP contribution in [0.2, 0.25) is 5.02 Å². The van der Waals surface area contributed by atoms with E-state index >= 15 is 0 Å². The first-order chi connectivity index (χ1) is 14.9. The topological polar surface area (TPSA) is 85.4 Å². The maximum absolute atomic E-state index is 13.8. The summed E-state index contributed by atoms with van der Waals surface area (Å²) in [5.74, 6) is 0.137. The molecular weight excluding hydrogens is 423 g/mol. The molecule has 0 fully saturated rings. The normalized spacial score (nSPS) is 11.0. The van der Waals surface area contributed by atoms with Crippen molar-refractivity contribution in [3.63, 3.8) is 0 Å². The highest BCUT2D eigenvalue weighted by Gasteiger charge is 2.14. The van der Waals surface area contributed by atoms with Crippen LogP contribution in [0.15, 0.2) is 60.7 Å². The Bertz CT molecular complexity index is 1200. The largest absolute Gasteiger partial charge is 0.493 e. The van der Waals surface area contributed by atoms with Crippen molar-refractivity contribution in [2.24, 2.45) is 0 Å². The fourth-order valence-electron chi connectivity index (χ4n) is 2.86. The van der Waals surface area contributed by atoms with Crippen LogP contribution in [-0.2, 0) is 6.61 Å². The van der Waals surface area contributed by atoms with Crippen molar-refractivity contribution in [1.82, 2.24) is 0 Å². The van der Waals surface area contributed by atoms with E-state index in [4.69, 9.17) is 21.1 Å². The molecule has 3 aromatic rings. The predicted octanol–water partition coefficient (Wildman–Crippen LogP) is 6.04. The molecule has 156 valence electrons. The number of nitrogens with zero attached hydrogens (tertiary/aromatic N) is 2.